The smallest absolute Gasteiger partial charge is 0.127 e. The average molecular weight is 191 g/mol. The molecule has 0 heterocycles. The topological polar surface area (TPSA) is 53.1 Å². The Bertz CT molecular complexity index is 301. The van der Waals surface area contributed by atoms with Crippen molar-refractivity contribution < 1.29 is 0 Å². The summed E-state index contributed by atoms with van der Waals surface area (Å²) in [7, 11) is 3.74. The van der Waals surface area contributed by atoms with Crippen LogP contribution in [0.15, 0.2) is 24.3 Å². The Morgan fingerprint density at radius 3 is 2.29 bits per heavy atom. The molecule has 3 N–H and O–H groups in total. The number of hydrogen-bond donors (Lipinski definition) is 2. The lowest BCUT2D eigenvalue weighted by atomic mass is 10.1. The second-order valence-electron chi connectivity index (χ2n) is 3.48. The van der Waals surface area contributed by atoms with Gasteiger partial charge in [0.2, 0.25) is 0 Å². The summed E-state index contributed by atoms with van der Waals surface area (Å²) in [5, 5.41) is 7.76. The maximum atomic E-state index is 7.76. The number of nitrogens with one attached hydrogen (secondary N) is 1. The minimum atomic E-state index is 0.532. The van der Waals surface area contributed by atoms with E-state index in [0.29, 0.717) is 12.4 Å². The molecule has 0 bridgehead atoms. The number of nitrogens with zero attached hydrogens (tertiary/aromatic N) is 1. The van der Waals surface area contributed by atoms with Crippen molar-refractivity contribution >= 4 is 5.84 Å². The van der Waals surface area contributed by atoms with E-state index in [1.165, 1.54) is 5.56 Å². The van der Waals surface area contributed by atoms with E-state index in [-0.39, 0.29) is 0 Å². The van der Waals surface area contributed by atoms with Gasteiger partial charge in [-0.15, -0.1) is 0 Å². The SMILES string of the molecule is CN(C)C(=N)c1ccc(CCN)cc1. The molecule has 0 aliphatic rings. The first-order valence-corrected chi connectivity index (χ1v) is 4.70. The van der Waals surface area contributed by atoms with Gasteiger partial charge in [-0.3, -0.25) is 5.41 Å². The molecule has 3 heteroatoms. The molecule has 3 nitrogen and oxygen atoms in total. The molecule has 0 aliphatic carbocycles. The highest BCUT2D eigenvalue weighted by Crippen LogP contribution is 2.06. The summed E-state index contributed by atoms with van der Waals surface area (Å²) in [4.78, 5) is 1.79. The Morgan fingerprint density at radius 1 is 1.29 bits per heavy atom. The van der Waals surface area contributed by atoms with Gasteiger partial charge in [-0.2, -0.15) is 0 Å². The Morgan fingerprint density at radius 2 is 1.86 bits per heavy atom. The third-order valence-corrected chi connectivity index (χ3v) is 2.11. The maximum Gasteiger partial charge on any atom is 0.127 e. The predicted octanol–water partition coefficient (Wildman–Crippen LogP) is 1.07. The van der Waals surface area contributed by atoms with Crippen molar-refractivity contribution in [2.45, 2.75) is 6.42 Å². The first-order valence-electron chi connectivity index (χ1n) is 4.70. The van der Waals surface area contributed by atoms with Crippen molar-refractivity contribution in [3.8, 4) is 0 Å². The lowest BCUT2D eigenvalue weighted by molar-refractivity contribution is 0.619. The molecule has 1 rings (SSSR count). The summed E-state index contributed by atoms with van der Waals surface area (Å²) in [5.41, 5.74) is 7.62. The van der Waals surface area contributed by atoms with Crippen molar-refractivity contribution in [2.24, 2.45) is 5.73 Å². The predicted molar refractivity (Wildman–Crippen MR) is 59.7 cm³/mol. The molecule has 0 unspecified atom stereocenters. The van der Waals surface area contributed by atoms with E-state index in [4.69, 9.17) is 11.1 Å². The van der Waals surface area contributed by atoms with Gasteiger partial charge in [-0.1, -0.05) is 24.3 Å². The zero-order chi connectivity index (χ0) is 10.6. The lowest BCUT2D eigenvalue weighted by Gasteiger charge is -2.13. The number of nitrogens with two attached hydrogens (primary N) is 1. The molecule has 0 saturated carbocycles. The summed E-state index contributed by atoms with van der Waals surface area (Å²) in [6.45, 7) is 0.671. The molecular formula is C11H17N3. The van der Waals surface area contributed by atoms with Crippen LogP contribution in [0.3, 0.4) is 0 Å². The largest absolute Gasteiger partial charge is 0.363 e. The molecule has 0 radical (unpaired) electrons. The van der Waals surface area contributed by atoms with Crippen molar-refractivity contribution in [3.05, 3.63) is 35.4 Å². The normalized spacial score (nSPS) is 9.93. The highest BCUT2D eigenvalue weighted by Gasteiger charge is 2.02. The van der Waals surface area contributed by atoms with E-state index in [1.54, 1.807) is 4.90 Å². The summed E-state index contributed by atoms with van der Waals surface area (Å²) < 4.78 is 0. The molecule has 0 fully saturated rings. The third-order valence-electron chi connectivity index (χ3n) is 2.11. The van der Waals surface area contributed by atoms with Gasteiger partial charge in [0, 0.05) is 19.7 Å². The van der Waals surface area contributed by atoms with Crippen molar-refractivity contribution in [1.82, 2.24) is 4.90 Å². The first kappa shape index (κ1) is 10.7. The fourth-order valence-corrected chi connectivity index (χ4v) is 1.25. The van der Waals surface area contributed by atoms with E-state index < -0.39 is 0 Å². The molecule has 14 heavy (non-hydrogen) atoms. The Kier molecular flexibility index (Phi) is 3.65. The van der Waals surface area contributed by atoms with E-state index in [0.717, 1.165) is 12.0 Å². The standard InChI is InChI=1S/C11H17N3/c1-14(2)11(13)10-5-3-9(4-6-10)7-8-12/h3-6,13H,7-8,12H2,1-2H3. The van der Waals surface area contributed by atoms with Gasteiger partial charge in [0.05, 0.1) is 0 Å². The first-order chi connectivity index (χ1) is 6.65. The van der Waals surface area contributed by atoms with Crippen molar-refractivity contribution in [1.29, 1.82) is 5.41 Å². The van der Waals surface area contributed by atoms with Crippen LogP contribution < -0.4 is 5.73 Å². The molecule has 0 aliphatic heterocycles. The Hall–Kier alpha value is -1.35. The fraction of sp³-hybridized carbons (Fsp3) is 0.364. The Balaban J connectivity index is 2.78. The number of benzene rings is 1. The van der Waals surface area contributed by atoms with Crippen LogP contribution in [0, 0.1) is 5.41 Å². The highest BCUT2D eigenvalue weighted by molar-refractivity contribution is 5.95. The molecular weight excluding hydrogens is 174 g/mol. The van der Waals surface area contributed by atoms with E-state index >= 15 is 0 Å². The number of hydrogen-bond acceptors (Lipinski definition) is 2. The highest BCUT2D eigenvalue weighted by atomic mass is 15.1. The van der Waals surface area contributed by atoms with Gasteiger partial charge in [-0.05, 0) is 18.5 Å². The Labute approximate surface area is 85.0 Å². The lowest BCUT2D eigenvalue weighted by Crippen LogP contribution is -2.21. The molecule has 1 aromatic rings. The van der Waals surface area contributed by atoms with Gasteiger partial charge in [0.1, 0.15) is 5.84 Å². The molecule has 0 aromatic heterocycles. The van der Waals surface area contributed by atoms with Crippen LogP contribution in [0.2, 0.25) is 0 Å². The maximum absolute atomic E-state index is 7.76. The van der Waals surface area contributed by atoms with Gasteiger partial charge in [0.25, 0.3) is 0 Å². The van der Waals surface area contributed by atoms with Crippen LogP contribution in [-0.2, 0) is 6.42 Å². The zero-order valence-electron chi connectivity index (χ0n) is 8.75. The summed E-state index contributed by atoms with van der Waals surface area (Å²) >= 11 is 0. The fourth-order valence-electron chi connectivity index (χ4n) is 1.25. The van der Waals surface area contributed by atoms with Crippen molar-refractivity contribution in [2.75, 3.05) is 20.6 Å². The van der Waals surface area contributed by atoms with E-state index in [9.17, 15) is 0 Å². The summed E-state index contributed by atoms with van der Waals surface area (Å²) in [6, 6.07) is 7.99. The minimum Gasteiger partial charge on any atom is -0.363 e. The van der Waals surface area contributed by atoms with E-state index in [1.807, 2.05) is 38.4 Å². The van der Waals surface area contributed by atoms with Crippen LogP contribution in [0.1, 0.15) is 11.1 Å². The molecule has 76 valence electrons. The van der Waals surface area contributed by atoms with Gasteiger partial charge < -0.3 is 10.6 Å². The summed E-state index contributed by atoms with van der Waals surface area (Å²) in [6.07, 6.45) is 0.898. The monoisotopic (exact) mass is 191 g/mol. The van der Waals surface area contributed by atoms with Gasteiger partial charge in [0.15, 0.2) is 0 Å². The third kappa shape index (κ3) is 2.57. The van der Waals surface area contributed by atoms with Crippen LogP contribution in [0.25, 0.3) is 0 Å². The molecule has 0 spiro atoms. The second kappa shape index (κ2) is 4.77. The molecule has 0 saturated heterocycles. The number of rotatable bonds is 3. The van der Waals surface area contributed by atoms with Crippen LogP contribution in [-0.4, -0.2) is 31.4 Å². The average Bonchev–Trinajstić information content (AvgIpc) is 2.18. The van der Waals surface area contributed by atoms with Gasteiger partial charge in [-0.25, -0.2) is 0 Å². The summed E-state index contributed by atoms with van der Waals surface area (Å²) in [5.74, 6) is 0.532. The minimum absolute atomic E-state index is 0.532. The molecule has 0 amide bonds. The van der Waals surface area contributed by atoms with Crippen LogP contribution in [0.5, 0.6) is 0 Å². The van der Waals surface area contributed by atoms with Gasteiger partial charge >= 0.3 is 0 Å². The van der Waals surface area contributed by atoms with Crippen LogP contribution in [0.4, 0.5) is 0 Å². The zero-order valence-corrected chi connectivity index (χ0v) is 8.75. The van der Waals surface area contributed by atoms with Crippen LogP contribution >= 0.6 is 0 Å². The molecule has 0 atom stereocenters. The number of amidine groups is 1. The quantitative estimate of drug-likeness (QED) is 0.555. The van der Waals surface area contributed by atoms with E-state index in [2.05, 4.69) is 0 Å². The van der Waals surface area contributed by atoms with Crippen molar-refractivity contribution in [3.63, 3.8) is 0 Å². The molecule has 1 aromatic carbocycles. The second-order valence-corrected chi connectivity index (χ2v) is 3.48.